The molecule has 0 aliphatic heterocycles. The largest absolute Gasteiger partial charge is 0.465 e. The van der Waals surface area contributed by atoms with Crippen LogP contribution in [-0.2, 0) is 4.74 Å². The zero-order valence-electron chi connectivity index (χ0n) is 8.30. The Morgan fingerprint density at radius 2 is 2.27 bits per heavy atom. The number of fused-ring (bicyclic) bond motifs is 1. The third kappa shape index (κ3) is 1.74. The molecule has 0 fully saturated rings. The number of ether oxygens (including phenoxy) is 1. The lowest BCUT2D eigenvalue weighted by atomic mass is 10.2. The Hall–Kier alpha value is -1.36. The van der Waals surface area contributed by atoms with Crippen molar-refractivity contribution in [1.29, 1.82) is 0 Å². The Kier molecular flexibility index (Phi) is 2.48. The maximum Gasteiger partial charge on any atom is 0.337 e. The zero-order valence-corrected chi connectivity index (χ0v) is 9.88. The van der Waals surface area contributed by atoms with Crippen LogP contribution in [0.1, 0.15) is 16.2 Å². The Bertz CT molecular complexity index is 533. The lowest BCUT2D eigenvalue weighted by molar-refractivity contribution is 0.0601. The number of H-pyrrole nitrogens is 1. The van der Waals surface area contributed by atoms with Crippen molar-refractivity contribution in [3.05, 3.63) is 28.0 Å². The van der Waals surface area contributed by atoms with E-state index in [0.717, 1.165) is 21.3 Å². The van der Waals surface area contributed by atoms with Gasteiger partial charge >= 0.3 is 5.97 Å². The highest BCUT2D eigenvalue weighted by molar-refractivity contribution is 9.10. The molecular formula is C10H9BrN2O2. The number of esters is 1. The van der Waals surface area contributed by atoms with Crippen LogP contribution in [0, 0.1) is 6.92 Å². The summed E-state index contributed by atoms with van der Waals surface area (Å²) in [5, 5.41) is 0. The minimum atomic E-state index is -0.357. The molecule has 15 heavy (non-hydrogen) atoms. The number of halogens is 1. The van der Waals surface area contributed by atoms with E-state index in [-0.39, 0.29) is 5.97 Å². The van der Waals surface area contributed by atoms with Crippen LogP contribution in [0.4, 0.5) is 0 Å². The fourth-order valence-corrected chi connectivity index (χ4v) is 1.98. The summed E-state index contributed by atoms with van der Waals surface area (Å²) >= 11 is 3.37. The van der Waals surface area contributed by atoms with Gasteiger partial charge in [-0.3, -0.25) is 0 Å². The van der Waals surface area contributed by atoms with E-state index < -0.39 is 0 Å². The Labute approximate surface area is 94.8 Å². The Balaban J connectivity index is 2.66. The molecule has 0 saturated carbocycles. The second-order valence-electron chi connectivity index (χ2n) is 3.17. The average Bonchev–Trinajstić information content (AvgIpc) is 2.58. The normalized spacial score (nSPS) is 10.6. The number of nitrogens with zero attached hydrogens (tertiary/aromatic N) is 1. The first-order chi connectivity index (χ1) is 7.11. The maximum atomic E-state index is 11.3. The van der Waals surface area contributed by atoms with Gasteiger partial charge < -0.3 is 9.72 Å². The molecule has 0 aliphatic rings. The second kappa shape index (κ2) is 3.66. The van der Waals surface area contributed by atoms with Gasteiger partial charge in [-0.25, -0.2) is 9.78 Å². The molecule has 1 N–H and O–H groups in total. The third-order valence-electron chi connectivity index (χ3n) is 2.08. The summed E-state index contributed by atoms with van der Waals surface area (Å²) in [5.74, 6) is 0.456. The summed E-state index contributed by atoms with van der Waals surface area (Å²) in [4.78, 5) is 18.7. The summed E-state index contributed by atoms with van der Waals surface area (Å²) in [5.41, 5.74) is 2.14. The molecule has 2 aromatic rings. The van der Waals surface area contributed by atoms with Crippen LogP contribution in [0.15, 0.2) is 16.6 Å². The van der Waals surface area contributed by atoms with E-state index in [0.29, 0.717) is 5.56 Å². The van der Waals surface area contributed by atoms with Gasteiger partial charge in [0.1, 0.15) is 11.3 Å². The summed E-state index contributed by atoms with van der Waals surface area (Å²) in [6.07, 6.45) is 0. The van der Waals surface area contributed by atoms with Crippen molar-refractivity contribution in [2.45, 2.75) is 6.92 Å². The van der Waals surface area contributed by atoms with Crippen LogP contribution in [0.25, 0.3) is 11.0 Å². The molecule has 1 aromatic heterocycles. The van der Waals surface area contributed by atoms with Gasteiger partial charge in [0, 0.05) is 4.47 Å². The van der Waals surface area contributed by atoms with E-state index in [1.165, 1.54) is 7.11 Å². The van der Waals surface area contributed by atoms with Crippen LogP contribution in [0.5, 0.6) is 0 Å². The van der Waals surface area contributed by atoms with Crippen molar-refractivity contribution in [2.24, 2.45) is 0 Å². The highest BCUT2D eigenvalue weighted by Crippen LogP contribution is 2.24. The van der Waals surface area contributed by atoms with Gasteiger partial charge in [-0.1, -0.05) is 0 Å². The van der Waals surface area contributed by atoms with Gasteiger partial charge in [-0.15, -0.1) is 0 Å². The van der Waals surface area contributed by atoms with Crippen molar-refractivity contribution in [3.8, 4) is 0 Å². The smallest absolute Gasteiger partial charge is 0.337 e. The van der Waals surface area contributed by atoms with Crippen LogP contribution in [-0.4, -0.2) is 23.0 Å². The van der Waals surface area contributed by atoms with Gasteiger partial charge in [-0.2, -0.15) is 0 Å². The summed E-state index contributed by atoms with van der Waals surface area (Å²) in [6.45, 7) is 1.87. The van der Waals surface area contributed by atoms with E-state index >= 15 is 0 Å². The number of benzene rings is 1. The van der Waals surface area contributed by atoms with Crippen LogP contribution < -0.4 is 0 Å². The summed E-state index contributed by atoms with van der Waals surface area (Å²) in [6, 6.07) is 3.43. The van der Waals surface area contributed by atoms with E-state index in [4.69, 9.17) is 0 Å². The fraction of sp³-hybridized carbons (Fsp3) is 0.200. The molecule has 0 radical (unpaired) electrons. The number of nitrogens with one attached hydrogen (secondary N) is 1. The minimum absolute atomic E-state index is 0.357. The topological polar surface area (TPSA) is 55.0 Å². The molecule has 5 heteroatoms. The summed E-state index contributed by atoms with van der Waals surface area (Å²) in [7, 11) is 1.36. The molecule has 0 atom stereocenters. The molecule has 0 unspecified atom stereocenters. The fourth-order valence-electron chi connectivity index (χ4n) is 1.43. The highest BCUT2D eigenvalue weighted by atomic mass is 79.9. The molecule has 78 valence electrons. The predicted molar refractivity (Wildman–Crippen MR) is 59.9 cm³/mol. The number of rotatable bonds is 1. The quantitative estimate of drug-likeness (QED) is 0.809. The molecular weight excluding hydrogens is 260 g/mol. The maximum absolute atomic E-state index is 11.3. The number of aromatic amines is 1. The minimum Gasteiger partial charge on any atom is -0.465 e. The van der Waals surface area contributed by atoms with E-state index in [1.54, 1.807) is 12.1 Å². The summed E-state index contributed by atoms with van der Waals surface area (Å²) < 4.78 is 5.44. The van der Waals surface area contributed by atoms with Crippen molar-refractivity contribution in [2.75, 3.05) is 7.11 Å². The molecule has 1 aromatic carbocycles. The molecule has 1 heterocycles. The standard InChI is InChI=1S/C10H9BrN2O2/c1-5-12-8-4-6(10(14)15-2)3-7(11)9(8)13-5/h3-4H,1-2H3,(H,12,13). The van der Waals surface area contributed by atoms with Crippen molar-refractivity contribution < 1.29 is 9.53 Å². The van der Waals surface area contributed by atoms with E-state index in [2.05, 4.69) is 30.6 Å². The van der Waals surface area contributed by atoms with Gasteiger partial charge in [0.15, 0.2) is 0 Å². The third-order valence-corrected chi connectivity index (χ3v) is 2.68. The van der Waals surface area contributed by atoms with Gasteiger partial charge in [0.2, 0.25) is 0 Å². The predicted octanol–water partition coefficient (Wildman–Crippen LogP) is 2.42. The number of hydrogen-bond acceptors (Lipinski definition) is 3. The number of aromatic nitrogens is 2. The number of methoxy groups -OCH3 is 1. The Morgan fingerprint density at radius 1 is 1.53 bits per heavy atom. The van der Waals surface area contributed by atoms with Gasteiger partial charge in [-0.05, 0) is 35.0 Å². The first-order valence-electron chi connectivity index (χ1n) is 4.36. The van der Waals surface area contributed by atoms with Crippen molar-refractivity contribution in [3.63, 3.8) is 0 Å². The highest BCUT2D eigenvalue weighted by Gasteiger charge is 2.11. The lowest BCUT2D eigenvalue weighted by Crippen LogP contribution is -2.00. The average molecular weight is 269 g/mol. The Morgan fingerprint density at radius 3 is 2.93 bits per heavy atom. The monoisotopic (exact) mass is 268 g/mol. The van der Waals surface area contributed by atoms with Crippen LogP contribution in [0.3, 0.4) is 0 Å². The second-order valence-corrected chi connectivity index (χ2v) is 4.02. The number of aryl methyl sites for hydroxylation is 1. The van der Waals surface area contributed by atoms with E-state index in [9.17, 15) is 4.79 Å². The van der Waals surface area contributed by atoms with Crippen molar-refractivity contribution in [1.82, 2.24) is 9.97 Å². The molecule has 0 spiro atoms. The number of hydrogen-bond donors (Lipinski definition) is 1. The number of carbonyl (C=O) groups is 1. The lowest BCUT2D eigenvalue weighted by Gasteiger charge is -2.00. The molecule has 0 saturated heterocycles. The van der Waals surface area contributed by atoms with Crippen molar-refractivity contribution >= 4 is 32.9 Å². The van der Waals surface area contributed by atoms with Crippen LogP contribution in [0.2, 0.25) is 0 Å². The molecule has 0 amide bonds. The molecule has 4 nitrogen and oxygen atoms in total. The SMILES string of the molecule is COC(=O)c1cc(Br)c2nc(C)[nH]c2c1. The van der Waals surface area contributed by atoms with E-state index in [1.807, 2.05) is 6.92 Å². The molecule has 0 aliphatic carbocycles. The van der Waals surface area contributed by atoms with Crippen LogP contribution >= 0.6 is 15.9 Å². The van der Waals surface area contributed by atoms with Gasteiger partial charge in [0.05, 0.1) is 18.2 Å². The zero-order chi connectivity index (χ0) is 11.0. The molecule has 0 bridgehead atoms. The molecule has 2 rings (SSSR count). The number of imidazole rings is 1. The van der Waals surface area contributed by atoms with Gasteiger partial charge in [0.25, 0.3) is 0 Å². The number of carbonyl (C=O) groups excluding carboxylic acids is 1. The first-order valence-corrected chi connectivity index (χ1v) is 5.15. The first kappa shape index (κ1) is 10.2.